The number of thiophene rings is 1. The summed E-state index contributed by atoms with van der Waals surface area (Å²) in [4.78, 5) is 1.90. The average molecular weight is 315 g/mol. The third-order valence-corrected chi connectivity index (χ3v) is 7.14. The van der Waals surface area contributed by atoms with Crippen LogP contribution in [0, 0.1) is 18.8 Å². The second kappa shape index (κ2) is 5.40. The Hall–Kier alpha value is -0.430. The molecule has 20 heavy (non-hydrogen) atoms. The summed E-state index contributed by atoms with van der Waals surface area (Å²) in [6.07, 6.45) is 4.62. The van der Waals surface area contributed by atoms with Gasteiger partial charge in [-0.3, -0.25) is 0 Å². The number of rotatable bonds is 7. The van der Waals surface area contributed by atoms with E-state index < -0.39 is 10.0 Å². The predicted molar refractivity (Wildman–Crippen MR) is 79.2 cm³/mol. The molecular weight excluding hydrogens is 294 g/mol. The van der Waals surface area contributed by atoms with E-state index in [4.69, 9.17) is 0 Å². The van der Waals surface area contributed by atoms with Gasteiger partial charge in [0.2, 0.25) is 10.0 Å². The highest BCUT2D eigenvalue weighted by Gasteiger charge is 2.36. The quantitative estimate of drug-likeness (QED) is 0.840. The van der Waals surface area contributed by atoms with Gasteiger partial charge in [0.1, 0.15) is 0 Å². The largest absolute Gasteiger partial charge is 0.391 e. The lowest BCUT2D eigenvalue weighted by Crippen LogP contribution is -2.34. The SMILES string of the molecule is Cc1sc(CO)cc1S(=O)(=O)N(CC1CC1)CC1CC1. The number of sulfonamides is 1. The van der Waals surface area contributed by atoms with E-state index in [2.05, 4.69) is 0 Å². The fraction of sp³-hybridized carbons (Fsp3) is 0.714. The van der Waals surface area contributed by atoms with E-state index in [0.29, 0.717) is 29.8 Å². The Morgan fingerprint density at radius 3 is 2.20 bits per heavy atom. The minimum Gasteiger partial charge on any atom is -0.391 e. The topological polar surface area (TPSA) is 57.6 Å². The standard InChI is InChI=1S/C14H21NO3S2/c1-10-14(6-13(9-16)19-10)20(17,18)15(7-11-2-3-11)8-12-4-5-12/h6,11-12,16H,2-5,7-9H2,1H3. The van der Waals surface area contributed by atoms with E-state index in [1.165, 1.54) is 11.3 Å². The van der Waals surface area contributed by atoms with Gasteiger partial charge in [0.05, 0.1) is 11.5 Å². The summed E-state index contributed by atoms with van der Waals surface area (Å²) in [6, 6.07) is 1.64. The zero-order valence-electron chi connectivity index (χ0n) is 11.7. The molecule has 1 heterocycles. The third kappa shape index (κ3) is 3.08. The second-order valence-electron chi connectivity index (χ2n) is 6.00. The van der Waals surface area contributed by atoms with E-state index in [0.717, 1.165) is 35.4 Å². The van der Waals surface area contributed by atoms with Gasteiger partial charge in [-0.2, -0.15) is 4.31 Å². The van der Waals surface area contributed by atoms with Crippen LogP contribution in [0.5, 0.6) is 0 Å². The molecule has 2 fully saturated rings. The van der Waals surface area contributed by atoms with Gasteiger partial charge in [0, 0.05) is 22.8 Å². The zero-order valence-corrected chi connectivity index (χ0v) is 13.3. The van der Waals surface area contributed by atoms with E-state index in [9.17, 15) is 13.5 Å². The molecule has 2 saturated carbocycles. The summed E-state index contributed by atoms with van der Waals surface area (Å²) in [5.74, 6) is 1.11. The van der Waals surface area contributed by atoms with Crippen LogP contribution in [-0.2, 0) is 16.6 Å². The average Bonchev–Trinajstić information content (AvgIpc) is 3.30. The van der Waals surface area contributed by atoms with Crippen LogP contribution in [0.15, 0.2) is 11.0 Å². The van der Waals surface area contributed by atoms with Crippen molar-refractivity contribution in [1.29, 1.82) is 0 Å². The van der Waals surface area contributed by atoms with E-state index in [1.807, 2.05) is 6.92 Å². The molecule has 0 unspecified atom stereocenters. The normalized spacial score (nSPS) is 19.8. The summed E-state index contributed by atoms with van der Waals surface area (Å²) in [5.41, 5.74) is 0. The molecular formula is C14H21NO3S2. The van der Waals surface area contributed by atoms with Gasteiger partial charge in [0.25, 0.3) is 0 Å². The van der Waals surface area contributed by atoms with Crippen molar-refractivity contribution in [3.8, 4) is 0 Å². The fourth-order valence-electron chi connectivity index (χ4n) is 2.44. The summed E-state index contributed by atoms with van der Waals surface area (Å²) in [5, 5.41) is 9.19. The van der Waals surface area contributed by atoms with Crippen molar-refractivity contribution in [2.24, 2.45) is 11.8 Å². The molecule has 0 radical (unpaired) electrons. The molecule has 0 aromatic carbocycles. The maximum Gasteiger partial charge on any atom is 0.244 e. The van der Waals surface area contributed by atoms with E-state index in [-0.39, 0.29) is 6.61 Å². The first-order valence-electron chi connectivity index (χ1n) is 7.21. The Kier molecular flexibility index (Phi) is 3.92. The first kappa shape index (κ1) is 14.5. The molecule has 0 bridgehead atoms. The van der Waals surface area contributed by atoms with Gasteiger partial charge in [-0.25, -0.2) is 8.42 Å². The van der Waals surface area contributed by atoms with Crippen molar-refractivity contribution in [3.63, 3.8) is 0 Å². The molecule has 0 amide bonds. The molecule has 1 aromatic rings. The Balaban J connectivity index is 1.86. The van der Waals surface area contributed by atoms with Gasteiger partial charge in [-0.15, -0.1) is 11.3 Å². The number of hydrogen-bond acceptors (Lipinski definition) is 4. The minimum absolute atomic E-state index is 0.0910. The van der Waals surface area contributed by atoms with Crippen LogP contribution < -0.4 is 0 Å². The molecule has 0 spiro atoms. The van der Waals surface area contributed by atoms with Gasteiger partial charge < -0.3 is 5.11 Å². The van der Waals surface area contributed by atoms with Gasteiger partial charge in [-0.1, -0.05) is 0 Å². The number of hydrogen-bond donors (Lipinski definition) is 1. The van der Waals surface area contributed by atoms with Gasteiger partial charge in [-0.05, 0) is 50.5 Å². The van der Waals surface area contributed by atoms with Crippen LogP contribution in [0.2, 0.25) is 0 Å². The Morgan fingerprint density at radius 2 is 1.80 bits per heavy atom. The van der Waals surface area contributed by atoms with Crippen molar-refractivity contribution >= 4 is 21.4 Å². The van der Waals surface area contributed by atoms with Crippen molar-refractivity contribution in [3.05, 3.63) is 15.8 Å². The van der Waals surface area contributed by atoms with Crippen LogP contribution in [0.4, 0.5) is 0 Å². The van der Waals surface area contributed by atoms with Crippen LogP contribution in [0.3, 0.4) is 0 Å². The lowest BCUT2D eigenvalue weighted by molar-refractivity contribution is 0.285. The molecule has 1 aromatic heterocycles. The molecule has 0 saturated heterocycles. The number of nitrogens with zero attached hydrogens (tertiary/aromatic N) is 1. The molecule has 4 nitrogen and oxygen atoms in total. The smallest absolute Gasteiger partial charge is 0.244 e. The number of aliphatic hydroxyl groups excluding tert-OH is 1. The highest BCUT2D eigenvalue weighted by Crippen LogP contribution is 2.37. The Morgan fingerprint density at radius 1 is 1.25 bits per heavy atom. The molecule has 1 N–H and O–H groups in total. The summed E-state index contributed by atoms with van der Waals surface area (Å²) < 4.78 is 27.4. The van der Waals surface area contributed by atoms with Crippen LogP contribution in [0.25, 0.3) is 0 Å². The molecule has 2 aliphatic carbocycles. The van der Waals surface area contributed by atoms with E-state index >= 15 is 0 Å². The number of aliphatic hydroxyl groups is 1. The van der Waals surface area contributed by atoms with Crippen molar-refractivity contribution in [1.82, 2.24) is 4.31 Å². The molecule has 0 atom stereocenters. The second-order valence-corrected chi connectivity index (χ2v) is 9.25. The molecule has 0 aliphatic heterocycles. The van der Waals surface area contributed by atoms with Gasteiger partial charge >= 0.3 is 0 Å². The molecule has 112 valence electrons. The Labute approximate surface area is 124 Å². The molecule has 6 heteroatoms. The fourth-order valence-corrected chi connectivity index (χ4v) is 5.50. The van der Waals surface area contributed by atoms with Crippen molar-refractivity contribution in [2.75, 3.05) is 13.1 Å². The summed E-state index contributed by atoms with van der Waals surface area (Å²) in [6.45, 7) is 3.07. The van der Waals surface area contributed by atoms with Crippen LogP contribution in [0.1, 0.15) is 35.4 Å². The van der Waals surface area contributed by atoms with Crippen molar-refractivity contribution < 1.29 is 13.5 Å². The molecule has 3 rings (SSSR count). The third-order valence-electron chi connectivity index (χ3n) is 4.01. The highest BCUT2D eigenvalue weighted by molar-refractivity contribution is 7.89. The maximum atomic E-state index is 12.9. The van der Waals surface area contributed by atoms with Crippen LogP contribution >= 0.6 is 11.3 Å². The molecule has 2 aliphatic rings. The lowest BCUT2D eigenvalue weighted by Gasteiger charge is -2.22. The summed E-state index contributed by atoms with van der Waals surface area (Å²) >= 11 is 1.37. The first-order valence-corrected chi connectivity index (χ1v) is 9.46. The predicted octanol–water partition coefficient (Wildman–Crippen LogP) is 2.36. The summed E-state index contributed by atoms with van der Waals surface area (Å²) in [7, 11) is -3.40. The minimum atomic E-state index is -3.40. The Bertz CT molecular complexity index is 572. The monoisotopic (exact) mass is 315 g/mol. The van der Waals surface area contributed by atoms with Crippen LogP contribution in [-0.4, -0.2) is 30.9 Å². The first-order chi connectivity index (χ1) is 9.50. The highest BCUT2D eigenvalue weighted by atomic mass is 32.2. The van der Waals surface area contributed by atoms with E-state index in [1.54, 1.807) is 10.4 Å². The van der Waals surface area contributed by atoms with Gasteiger partial charge in [0.15, 0.2) is 0 Å². The zero-order chi connectivity index (χ0) is 14.3. The maximum absolute atomic E-state index is 12.9. The van der Waals surface area contributed by atoms with Crippen molar-refractivity contribution in [2.45, 2.75) is 44.1 Å². The number of aryl methyl sites for hydroxylation is 1. The lowest BCUT2D eigenvalue weighted by atomic mass is 10.4.